The van der Waals surface area contributed by atoms with Crippen molar-refractivity contribution in [2.24, 2.45) is 0 Å². The van der Waals surface area contributed by atoms with Crippen molar-refractivity contribution in [3.8, 4) is 0 Å². The van der Waals surface area contributed by atoms with Crippen molar-refractivity contribution in [3.05, 3.63) is 46.3 Å². The number of pyridine rings is 1. The molecule has 0 saturated heterocycles. The lowest BCUT2D eigenvalue weighted by Crippen LogP contribution is -2.29. The van der Waals surface area contributed by atoms with Crippen molar-refractivity contribution in [2.75, 3.05) is 5.32 Å². The number of anilines is 1. The molecule has 2 N–H and O–H groups in total. The molecule has 2 aromatic rings. The molecular formula is C15H17N3O2S. The van der Waals surface area contributed by atoms with Crippen molar-refractivity contribution >= 4 is 29.0 Å². The molecule has 110 valence electrons. The van der Waals surface area contributed by atoms with Crippen LogP contribution in [-0.4, -0.2) is 16.8 Å². The molecule has 0 fully saturated rings. The van der Waals surface area contributed by atoms with Gasteiger partial charge in [0.05, 0.1) is 12.5 Å². The number of nitrogens with one attached hydrogen (secondary N) is 2. The first-order chi connectivity index (χ1) is 10.0. The second kappa shape index (κ2) is 6.99. The zero-order valence-electron chi connectivity index (χ0n) is 11.9. The molecule has 1 atom stereocenters. The van der Waals surface area contributed by atoms with E-state index in [1.54, 1.807) is 12.3 Å². The van der Waals surface area contributed by atoms with Gasteiger partial charge in [-0.15, -0.1) is 11.3 Å². The van der Waals surface area contributed by atoms with Crippen LogP contribution < -0.4 is 10.6 Å². The molecule has 21 heavy (non-hydrogen) atoms. The van der Waals surface area contributed by atoms with Gasteiger partial charge in [0.2, 0.25) is 11.8 Å². The molecule has 6 heteroatoms. The molecule has 0 aliphatic rings. The summed E-state index contributed by atoms with van der Waals surface area (Å²) in [6.07, 6.45) is 1.82. The number of hydrogen-bond acceptors (Lipinski definition) is 4. The Bertz CT molecular complexity index is 626. The summed E-state index contributed by atoms with van der Waals surface area (Å²) in [5, 5.41) is 7.47. The minimum Gasteiger partial charge on any atom is -0.348 e. The highest BCUT2D eigenvalue weighted by atomic mass is 32.1. The van der Waals surface area contributed by atoms with Crippen LogP contribution in [0.15, 0.2) is 35.8 Å². The fourth-order valence-electron chi connectivity index (χ4n) is 1.94. The molecule has 0 aromatic carbocycles. The molecule has 0 spiro atoms. The lowest BCUT2D eigenvalue weighted by molar-refractivity contribution is -0.120. The average molecular weight is 303 g/mol. The third-order valence-corrected chi connectivity index (χ3v) is 3.82. The van der Waals surface area contributed by atoms with Crippen LogP contribution in [-0.2, 0) is 9.59 Å². The summed E-state index contributed by atoms with van der Waals surface area (Å²) in [4.78, 5) is 28.4. The Morgan fingerprint density at radius 2 is 2.19 bits per heavy atom. The van der Waals surface area contributed by atoms with Crippen LogP contribution in [0, 0.1) is 6.92 Å². The average Bonchev–Trinajstić information content (AvgIpc) is 2.91. The third kappa shape index (κ3) is 4.68. The molecule has 2 heterocycles. The number of aryl methyl sites for hydroxylation is 1. The second-order valence-electron chi connectivity index (χ2n) is 4.74. The predicted octanol–water partition coefficient (Wildman–Crippen LogP) is 2.66. The maximum absolute atomic E-state index is 12.1. The topological polar surface area (TPSA) is 71.1 Å². The third-order valence-electron chi connectivity index (χ3n) is 2.84. The lowest BCUT2D eigenvalue weighted by Gasteiger charge is -2.16. The number of thiophene rings is 1. The summed E-state index contributed by atoms with van der Waals surface area (Å²) >= 11 is 1.51. The van der Waals surface area contributed by atoms with Gasteiger partial charge in [0.25, 0.3) is 0 Å². The quantitative estimate of drug-likeness (QED) is 0.892. The van der Waals surface area contributed by atoms with Gasteiger partial charge in [0.15, 0.2) is 0 Å². The van der Waals surface area contributed by atoms with Crippen LogP contribution in [0.25, 0.3) is 0 Å². The lowest BCUT2D eigenvalue weighted by atomic mass is 10.1. The zero-order valence-corrected chi connectivity index (χ0v) is 12.7. The van der Waals surface area contributed by atoms with Crippen molar-refractivity contribution < 1.29 is 9.59 Å². The van der Waals surface area contributed by atoms with Crippen molar-refractivity contribution in [1.29, 1.82) is 0 Å². The van der Waals surface area contributed by atoms with E-state index in [0.717, 1.165) is 10.4 Å². The number of aromatic nitrogens is 1. The molecule has 2 amide bonds. The Labute approximate surface area is 127 Å². The monoisotopic (exact) mass is 303 g/mol. The van der Waals surface area contributed by atoms with Gasteiger partial charge in [-0.25, -0.2) is 4.98 Å². The Morgan fingerprint density at radius 3 is 2.81 bits per heavy atom. The zero-order chi connectivity index (χ0) is 15.2. The van der Waals surface area contributed by atoms with Gasteiger partial charge >= 0.3 is 0 Å². The van der Waals surface area contributed by atoms with Crippen molar-refractivity contribution in [3.63, 3.8) is 0 Å². The largest absolute Gasteiger partial charge is 0.348 e. The minimum absolute atomic E-state index is 0.158. The smallest absolute Gasteiger partial charge is 0.227 e. The molecule has 0 radical (unpaired) electrons. The number of nitrogens with zero attached hydrogens (tertiary/aromatic N) is 1. The van der Waals surface area contributed by atoms with Crippen LogP contribution in [0.3, 0.4) is 0 Å². The Morgan fingerprint density at radius 1 is 1.38 bits per heavy atom. The van der Waals surface area contributed by atoms with E-state index < -0.39 is 0 Å². The number of carbonyl (C=O) groups is 2. The number of amides is 2. The van der Waals surface area contributed by atoms with E-state index in [4.69, 9.17) is 0 Å². The van der Waals surface area contributed by atoms with E-state index in [-0.39, 0.29) is 24.3 Å². The summed E-state index contributed by atoms with van der Waals surface area (Å²) < 4.78 is 0. The van der Waals surface area contributed by atoms with Gasteiger partial charge in [-0.2, -0.15) is 0 Å². The second-order valence-corrected chi connectivity index (χ2v) is 5.72. The maximum Gasteiger partial charge on any atom is 0.227 e. The van der Waals surface area contributed by atoms with Gasteiger partial charge in [-0.1, -0.05) is 6.07 Å². The van der Waals surface area contributed by atoms with Crippen LogP contribution in [0.2, 0.25) is 0 Å². The van der Waals surface area contributed by atoms with E-state index in [0.29, 0.717) is 5.82 Å². The minimum atomic E-state index is -0.313. The fourth-order valence-corrected chi connectivity index (χ4v) is 2.72. The molecule has 0 aliphatic heterocycles. The van der Waals surface area contributed by atoms with Gasteiger partial charge in [0.1, 0.15) is 5.82 Å². The first kappa shape index (κ1) is 15.2. The fraction of sp³-hybridized carbons (Fsp3) is 0.267. The Kier molecular flexibility index (Phi) is 5.05. The van der Waals surface area contributed by atoms with Crippen LogP contribution >= 0.6 is 11.3 Å². The van der Waals surface area contributed by atoms with Crippen molar-refractivity contribution in [2.45, 2.75) is 26.3 Å². The summed E-state index contributed by atoms with van der Waals surface area (Å²) in [5.41, 5.74) is 1.02. The standard InChI is InChI=1S/C15H17N3O2S/c1-10-5-6-16-14(8-10)18-15(20)9-12(17-11(2)19)13-4-3-7-21-13/h3-8,12H,9H2,1-2H3,(H,17,19)(H,16,18,20). The summed E-state index contributed by atoms with van der Waals surface area (Å²) in [7, 11) is 0. The normalized spacial score (nSPS) is 11.7. The van der Waals surface area contributed by atoms with Crippen LogP contribution in [0.4, 0.5) is 5.82 Å². The highest BCUT2D eigenvalue weighted by Crippen LogP contribution is 2.22. The maximum atomic E-state index is 12.1. The highest BCUT2D eigenvalue weighted by molar-refractivity contribution is 7.10. The predicted molar refractivity (Wildman–Crippen MR) is 83.1 cm³/mol. The molecule has 2 aromatic heterocycles. The van der Waals surface area contributed by atoms with Gasteiger partial charge in [-0.05, 0) is 36.1 Å². The number of carbonyl (C=O) groups excluding carboxylic acids is 2. The highest BCUT2D eigenvalue weighted by Gasteiger charge is 2.18. The molecule has 2 rings (SSSR count). The first-order valence-corrected chi connectivity index (χ1v) is 7.45. The van der Waals surface area contributed by atoms with Crippen LogP contribution in [0.5, 0.6) is 0 Å². The summed E-state index contributed by atoms with van der Waals surface area (Å²) in [6, 6.07) is 7.16. The van der Waals surface area contributed by atoms with E-state index >= 15 is 0 Å². The van der Waals surface area contributed by atoms with E-state index in [2.05, 4.69) is 15.6 Å². The molecule has 1 unspecified atom stereocenters. The van der Waals surface area contributed by atoms with Gasteiger partial charge < -0.3 is 10.6 Å². The molecule has 5 nitrogen and oxygen atoms in total. The summed E-state index contributed by atoms with van der Waals surface area (Å²) in [5.74, 6) is 0.183. The van der Waals surface area contributed by atoms with E-state index in [1.165, 1.54) is 18.3 Å². The molecule has 0 saturated carbocycles. The van der Waals surface area contributed by atoms with Gasteiger partial charge in [-0.3, -0.25) is 9.59 Å². The molecule has 0 bridgehead atoms. The Balaban J connectivity index is 2.02. The SMILES string of the molecule is CC(=O)NC(CC(=O)Nc1cc(C)ccn1)c1cccs1. The molecule has 0 aliphatic carbocycles. The Hall–Kier alpha value is -2.21. The number of hydrogen-bond donors (Lipinski definition) is 2. The first-order valence-electron chi connectivity index (χ1n) is 6.57. The number of rotatable bonds is 5. The van der Waals surface area contributed by atoms with E-state index in [1.807, 2.05) is 30.5 Å². The van der Waals surface area contributed by atoms with Gasteiger partial charge in [0, 0.05) is 18.0 Å². The van der Waals surface area contributed by atoms with Crippen molar-refractivity contribution in [1.82, 2.24) is 10.3 Å². The van der Waals surface area contributed by atoms with Crippen LogP contribution in [0.1, 0.15) is 29.8 Å². The van der Waals surface area contributed by atoms with E-state index in [9.17, 15) is 9.59 Å². The molecular weight excluding hydrogens is 286 g/mol. The summed E-state index contributed by atoms with van der Waals surface area (Å²) in [6.45, 7) is 3.38.